The van der Waals surface area contributed by atoms with Crippen molar-refractivity contribution in [2.45, 2.75) is 0 Å². The van der Waals surface area contributed by atoms with E-state index in [-0.39, 0.29) is 0 Å². The molecule has 0 radical (unpaired) electrons. The van der Waals surface area contributed by atoms with E-state index in [4.69, 9.17) is 4.42 Å². The highest BCUT2D eigenvalue weighted by Crippen LogP contribution is 2.47. The Morgan fingerprint density at radius 2 is 0.804 bits per heavy atom. The third-order valence-corrected chi connectivity index (χ3v) is 11.2. The summed E-state index contributed by atoms with van der Waals surface area (Å²) in [4.78, 5) is 2.31. The molecule has 0 atom stereocenters. The number of nitrogens with zero attached hydrogens (tertiary/aromatic N) is 1. The maximum absolute atomic E-state index is 6.83. The van der Waals surface area contributed by atoms with Crippen LogP contribution in [0.1, 0.15) is 0 Å². The fourth-order valence-corrected chi connectivity index (χ4v) is 8.67. The van der Waals surface area contributed by atoms with Gasteiger partial charge in [-0.25, -0.2) is 0 Å². The van der Waals surface area contributed by atoms with Gasteiger partial charge in [-0.2, -0.15) is 0 Å². The Hall–Kier alpha value is -7.42. The molecule has 0 spiro atoms. The SMILES string of the molecule is c1ccc(-c2c(-c3ccccc3)c3cc(-c4ccc(N(c5ccccc5)c5cccc6c5oc5c7ccccc7ccc65)cc4)ccc3c3ccccc23)cc1. The third-order valence-electron chi connectivity index (χ3n) is 11.2. The van der Waals surface area contributed by atoms with Crippen LogP contribution in [-0.2, 0) is 0 Å². The van der Waals surface area contributed by atoms with Crippen LogP contribution < -0.4 is 4.90 Å². The van der Waals surface area contributed by atoms with E-state index in [0.717, 1.165) is 50.0 Å². The van der Waals surface area contributed by atoms with Gasteiger partial charge < -0.3 is 9.32 Å². The predicted molar refractivity (Wildman–Crippen MR) is 237 cm³/mol. The first-order valence-electron chi connectivity index (χ1n) is 19.2. The second kappa shape index (κ2) is 13.2. The molecule has 0 N–H and O–H groups in total. The lowest BCUT2D eigenvalue weighted by atomic mass is 9.84. The number of hydrogen-bond acceptors (Lipinski definition) is 2. The van der Waals surface area contributed by atoms with E-state index < -0.39 is 0 Å². The van der Waals surface area contributed by atoms with Gasteiger partial charge in [-0.3, -0.25) is 0 Å². The minimum absolute atomic E-state index is 0.871. The van der Waals surface area contributed by atoms with Gasteiger partial charge in [0.25, 0.3) is 0 Å². The quantitative estimate of drug-likeness (QED) is 0.160. The molecule has 0 saturated heterocycles. The highest BCUT2D eigenvalue weighted by atomic mass is 16.3. The molecule has 0 aliphatic heterocycles. The predicted octanol–water partition coefficient (Wildman–Crippen LogP) is 15.5. The van der Waals surface area contributed by atoms with Crippen molar-refractivity contribution in [3.8, 4) is 33.4 Å². The summed E-state index contributed by atoms with van der Waals surface area (Å²) in [7, 11) is 0. The average Bonchev–Trinajstić information content (AvgIpc) is 3.67. The fraction of sp³-hybridized carbons (Fsp3) is 0. The number of furan rings is 1. The second-order valence-corrected chi connectivity index (χ2v) is 14.4. The van der Waals surface area contributed by atoms with Gasteiger partial charge in [0.15, 0.2) is 5.58 Å². The second-order valence-electron chi connectivity index (χ2n) is 14.4. The van der Waals surface area contributed by atoms with Gasteiger partial charge in [0.1, 0.15) is 5.58 Å². The topological polar surface area (TPSA) is 16.4 Å². The Morgan fingerprint density at radius 1 is 0.286 bits per heavy atom. The monoisotopic (exact) mass is 713 g/mol. The standard InChI is InChI=1S/C54H35NO/c1-4-16-38(17-5-1)51-46-24-13-12-23-44(46)45-33-30-40(35-49(45)52(51)39-18-6-2-7-19-39)36-27-31-42(32-28-36)55(41-20-8-3-9-21-41)50-26-14-25-47-48-34-29-37-15-10-11-22-43(37)53(48)56-54(47)50/h1-35H. The Kier molecular flexibility index (Phi) is 7.53. The molecule has 11 rings (SSSR count). The molecular formula is C54H35NO. The van der Waals surface area contributed by atoms with Gasteiger partial charge in [0.2, 0.25) is 0 Å². The smallest absolute Gasteiger partial charge is 0.159 e. The molecule has 1 heterocycles. The molecule has 0 aliphatic carbocycles. The largest absolute Gasteiger partial charge is 0.453 e. The van der Waals surface area contributed by atoms with Crippen molar-refractivity contribution in [3.63, 3.8) is 0 Å². The Labute approximate surface area is 325 Å². The highest BCUT2D eigenvalue weighted by Gasteiger charge is 2.21. The minimum atomic E-state index is 0.871. The van der Waals surface area contributed by atoms with Gasteiger partial charge in [-0.15, -0.1) is 0 Å². The van der Waals surface area contributed by atoms with Crippen LogP contribution in [0.3, 0.4) is 0 Å². The van der Waals surface area contributed by atoms with Crippen molar-refractivity contribution in [1.82, 2.24) is 0 Å². The normalized spacial score (nSPS) is 11.6. The Balaban J connectivity index is 1.08. The molecule has 0 unspecified atom stereocenters. The highest BCUT2D eigenvalue weighted by molar-refractivity contribution is 6.22. The van der Waals surface area contributed by atoms with E-state index >= 15 is 0 Å². The molecule has 0 saturated carbocycles. The molecule has 0 aliphatic rings. The van der Waals surface area contributed by atoms with E-state index in [1.165, 1.54) is 54.7 Å². The van der Waals surface area contributed by atoms with Crippen LogP contribution in [0.4, 0.5) is 17.1 Å². The van der Waals surface area contributed by atoms with Crippen LogP contribution in [0.25, 0.3) is 87.6 Å². The average molecular weight is 714 g/mol. The molecule has 0 fully saturated rings. The van der Waals surface area contributed by atoms with Crippen molar-refractivity contribution >= 4 is 71.3 Å². The summed E-state index contributed by atoms with van der Waals surface area (Å²) in [6, 6.07) is 76.3. The van der Waals surface area contributed by atoms with Crippen LogP contribution >= 0.6 is 0 Å². The number of rotatable bonds is 6. The molecule has 0 bridgehead atoms. The van der Waals surface area contributed by atoms with Crippen LogP contribution in [-0.4, -0.2) is 0 Å². The summed E-state index contributed by atoms with van der Waals surface area (Å²) in [5.74, 6) is 0. The van der Waals surface area contributed by atoms with Gasteiger partial charge in [0.05, 0.1) is 5.69 Å². The van der Waals surface area contributed by atoms with E-state index in [1.54, 1.807) is 0 Å². The van der Waals surface area contributed by atoms with Gasteiger partial charge in [-0.05, 0) is 103 Å². The minimum Gasteiger partial charge on any atom is -0.453 e. The first-order chi connectivity index (χ1) is 27.8. The lowest BCUT2D eigenvalue weighted by Crippen LogP contribution is -2.10. The number of fused-ring (bicyclic) bond motifs is 8. The summed E-state index contributed by atoms with van der Waals surface area (Å²) in [6.45, 7) is 0. The molecule has 262 valence electrons. The number of anilines is 3. The summed E-state index contributed by atoms with van der Waals surface area (Å²) in [5, 5.41) is 9.53. The summed E-state index contributed by atoms with van der Waals surface area (Å²) in [5.41, 5.74) is 12.2. The van der Waals surface area contributed by atoms with Crippen molar-refractivity contribution < 1.29 is 4.42 Å². The lowest BCUT2D eigenvalue weighted by Gasteiger charge is -2.25. The number of hydrogen-bond donors (Lipinski definition) is 0. The van der Waals surface area contributed by atoms with Crippen LogP contribution in [0, 0.1) is 0 Å². The summed E-state index contributed by atoms with van der Waals surface area (Å²) in [6.07, 6.45) is 0. The Morgan fingerprint density at radius 3 is 1.54 bits per heavy atom. The van der Waals surface area contributed by atoms with Crippen molar-refractivity contribution in [3.05, 3.63) is 212 Å². The zero-order valence-electron chi connectivity index (χ0n) is 30.6. The molecule has 11 aromatic rings. The van der Waals surface area contributed by atoms with E-state index in [0.29, 0.717) is 0 Å². The third kappa shape index (κ3) is 5.19. The van der Waals surface area contributed by atoms with Crippen LogP contribution in [0.15, 0.2) is 217 Å². The van der Waals surface area contributed by atoms with E-state index in [1.807, 2.05) is 0 Å². The Bertz CT molecular complexity index is 3220. The lowest BCUT2D eigenvalue weighted by molar-refractivity contribution is 0.673. The van der Waals surface area contributed by atoms with Gasteiger partial charge >= 0.3 is 0 Å². The van der Waals surface area contributed by atoms with Crippen LogP contribution in [0.5, 0.6) is 0 Å². The zero-order valence-corrected chi connectivity index (χ0v) is 30.6. The maximum atomic E-state index is 6.83. The van der Waals surface area contributed by atoms with E-state index in [2.05, 4.69) is 217 Å². The summed E-state index contributed by atoms with van der Waals surface area (Å²) < 4.78 is 6.83. The summed E-state index contributed by atoms with van der Waals surface area (Å²) >= 11 is 0. The van der Waals surface area contributed by atoms with Crippen molar-refractivity contribution in [2.24, 2.45) is 0 Å². The maximum Gasteiger partial charge on any atom is 0.159 e. The molecule has 10 aromatic carbocycles. The van der Waals surface area contributed by atoms with Crippen molar-refractivity contribution in [2.75, 3.05) is 4.90 Å². The molecule has 2 nitrogen and oxygen atoms in total. The molecule has 1 aromatic heterocycles. The first kappa shape index (κ1) is 32.0. The molecule has 0 amide bonds. The molecule has 2 heteroatoms. The number of benzene rings is 10. The zero-order chi connectivity index (χ0) is 37.0. The van der Waals surface area contributed by atoms with E-state index in [9.17, 15) is 0 Å². The van der Waals surface area contributed by atoms with Gasteiger partial charge in [-0.1, -0.05) is 170 Å². The van der Waals surface area contributed by atoms with Crippen LogP contribution in [0.2, 0.25) is 0 Å². The number of para-hydroxylation sites is 2. The molecular weight excluding hydrogens is 679 g/mol. The molecule has 56 heavy (non-hydrogen) atoms. The fourth-order valence-electron chi connectivity index (χ4n) is 8.67. The van der Waals surface area contributed by atoms with Gasteiger partial charge in [0, 0.05) is 27.5 Å². The van der Waals surface area contributed by atoms with Crippen molar-refractivity contribution in [1.29, 1.82) is 0 Å². The first-order valence-corrected chi connectivity index (χ1v) is 19.2.